The molecule has 2 aromatic heterocycles. The fourth-order valence-corrected chi connectivity index (χ4v) is 2.10. The van der Waals surface area contributed by atoms with Gasteiger partial charge in [-0.25, -0.2) is 0 Å². The fraction of sp³-hybridized carbons (Fsp3) is 0.357. The molecule has 0 aliphatic rings. The lowest BCUT2D eigenvalue weighted by Crippen LogP contribution is -2.20. The molecule has 0 aromatic carbocycles. The fourth-order valence-electron chi connectivity index (χ4n) is 2.10. The molecule has 2 aromatic rings. The van der Waals surface area contributed by atoms with Gasteiger partial charge in [0.15, 0.2) is 0 Å². The summed E-state index contributed by atoms with van der Waals surface area (Å²) in [4.78, 5) is 23.5. The van der Waals surface area contributed by atoms with Crippen molar-refractivity contribution >= 4 is 11.7 Å². The van der Waals surface area contributed by atoms with E-state index in [0.29, 0.717) is 11.4 Å². The molecule has 20 heavy (non-hydrogen) atoms. The molecular weight excluding hydrogens is 256 g/mol. The number of rotatable bonds is 3. The summed E-state index contributed by atoms with van der Waals surface area (Å²) in [5.74, 6) is 0.426. The highest BCUT2D eigenvalue weighted by molar-refractivity contribution is 6.04. The number of nitrogens with one attached hydrogen (secondary N) is 1. The van der Waals surface area contributed by atoms with Crippen LogP contribution in [0.2, 0.25) is 0 Å². The average molecular weight is 274 g/mol. The van der Waals surface area contributed by atoms with Gasteiger partial charge in [-0.3, -0.25) is 14.3 Å². The molecule has 0 saturated heterocycles. The average Bonchev–Trinajstić information content (AvgIpc) is 2.69. The van der Waals surface area contributed by atoms with Crippen LogP contribution in [0, 0.1) is 6.92 Å². The molecule has 6 nitrogen and oxygen atoms in total. The summed E-state index contributed by atoms with van der Waals surface area (Å²) in [6.45, 7) is 3.95. The van der Waals surface area contributed by atoms with Crippen molar-refractivity contribution in [2.24, 2.45) is 14.1 Å². The van der Waals surface area contributed by atoms with Crippen LogP contribution in [0.1, 0.15) is 28.5 Å². The summed E-state index contributed by atoms with van der Waals surface area (Å²) in [5.41, 5.74) is 2.22. The Morgan fingerprint density at radius 3 is 2.60 bits per heavy atom. The lowest BCUT2D eigenvalue weighted by molar-refractivity contribution is 0.102. The van der Waals surface area contributed by atoms with Gasteiger partial charge in [0.1, 0.15) is 5.82 Å². The zero-order chi connectivity index (χ0) is 14.9. The van der Waals surface area contributed by atoms with Gasteiger partial charge < -0.3 is 9.88 Å². The Kier molecular flexibility index (Phi) is 3.74. The van der Waals surface area contributed by atoms with Crippen LogP contribution in [0.5, 0.6) is 0 Å². The second-order valence-electron chi connectivity index (χ2n) is 4.72. The van der Waals surface area contributed by atoms with Crippen LogP contribution in [0.15, 0.2) is 23.1 Å². The van der Waals surface area contributed by atoms with Crippen LogP contribution in [0.4, 0.5) is 5.82 Å². The number of amides is 1. The molecule has 0 bridgehead atoms. The van der Waals surface area contributed by atoms with Gasteiger partial charge in [0.25, 0.3) is 5.91 Å². The second kappa shape index (κ2) is 5.32. The van der Waals surface area contributed by atoms with E-state index in [2.05, 4.69) is 10.4 Å². The Hall–Kier alpha value is -2.37. The molecule has 0 fully saturated rings. The van der Waals surface area contributed by atoms with E-state index in [-0.39, 0.29) is 11.5 Å². The van der Waals surface area contributed by atoms with Gasteiger partial charge in [-0.05, 0) is 19.4 Å². The van der Waals surface area contributed by atoms with Gasteiger partial charge in [-0.2, -0.15) is 5.10 Å². The first-order valence-corrected chi connectivity index (χ1v) is 6.44. The first kappa shape index (κ1) is 14.0. The summed E-state index contributed by atoms with van der Waals surface area (Å²) in [6, 6.07) is 2.90. The van der Waals surface area contributed by atoms with Crippen molar-refractivity contribution in [3.63, 3.8) is 0 Å². The predicted molar refractivity (Wildman–Crippen MR) is 77.0 cm³/mol. The molecule has 0 spiro atoms. The molecule has 0 aliphatic carbocycles. The van der Waals surface area contributed by atoms with E-state index < -0.39 is 0 Å². The molecule has 0 saturated carbocycles. The zero-order valence-corrected chi connectivity index (χ0v) is 12.1. The van der Waals surface area contributed by atoms with Crippen LogP contribution in [0.25, 0.3) is 0 Å². The van der Waals surface area contributed by atoms with Crippen molar-refractivity contribution < 1.29 is 4.79 Å². The summed E-state index contributed by atoms with van der Waals surface area (Å²) in [5, 5.41) is 7.20. The number of nitrogens with zero attached hydrogens (tertiary/aromatic N) is 3. The molecule has 1 N–H and O–H groups in total. The summed E-state index contributed by atoms with van der Waals surface area (Å²) >= 11 is 0. The lowest BCUT2D eigenvalue weighted by Gasteiger charge is -2.07. The molecule has 106 valence electrons. The van der Waals surface area contributed by atoms with Crippen LogP contribution < -0.4 is 10.9 Å². The largest absolute Gasteiger partial charge is 0.318 e. The molecule has 0 radical (unpaired) electrons. The maximum absolute atomic E-state index is 12.2. The van der Waals surface area contributed by atoms with Crippen molar-refractivity contribution in [2.75, 3.05) is 5.32 Å². The maximum Gasteiger partial charge on any atom is 0.258 e. The summed E-state index contributed by atoms with van der Waals surface area (Å²) in [7, 11) is 3.41. The van der Waals surface area contributed by atoms with E-state index in [4.69, 9.17) is 0 Å². The quantitative estimate of drug-likeness (QED) is 0.915. The Labute approximate surface area is 117 Å². The third-order valence-corrected chi connectivity index (χ3v) is 3.30. The Balaban J connectivity index is 2.30. The first-order chi connectivity index (χ1) is 9.43. The van der Waals surface area contributed by atoms with E-state index in [1.807, 2.05) is 13.8 Å². The number of pyridine rings is 1. The van der Waals surface area contributed by atoms with Crippen LogP contribution >= 0.6 is 0 Å². The minimum absolute atomic E-state index is 0.147. The number of hydrogen-bond donors (Lipinski definition) is 1. The molecule has 6 heteroatoms. The van der Waals surface area contributed by atoms with Gasteiger partial charge in [-0.15, -0.1) is 0 Å². The van der Waals surface area contributed by atoms with Gasteiger partial charge in [0, 0.05) is 31.9 Å². The normalized spacial score (nSPS) is 10.6. The Morgan fingerprint density at radius 1 is 1.35 bits per heavy atom. The number of anilines is 1. The smallest absolute Gasteiger partial charge is 0.258 e. The molecule has 0 aliphatic heterocycles. The van der Waals surface area contributed by atoms with Gasteiger partial charge in [0.2, 0.25) is 5.56 Å². The third kappa shape index (κ3) is 2.49. The van der Waals surface area contributed by atoms with E-state index in [1.54, 1.807) is 18.8 Å². The maximum atomic E-state index is 12.2. The van der Waals surface area contributed by atoms with E-state index in [9.17, 15) is 9.59 Å². The summed E-state index contributed by atoms with van der Waals surface area (Å²) < 4.78 is 3.04. The topological polar surface area (TPSA) is 68.9 Å². The highest BCUT2D eigenvalue weighted by Gasteiger charge is 2.15. The third-order valence-electron chi connectivity index (χ3n) is 3.30. The molecule has 1 amide bonds. The zero-order valence-electron chi connectivity index (χ0n) is 12.1. The van der Waals surface area contributed by atoms with E-state index in [0.717, 1.165) is 17.7 Å². The number of hydrogen-bond acceptors (Lipinski definition) is 3. The molecular formula is C14H18N4O2. The van der Waals surface area contributed by atoms with Gasteiger partial charge >= 0.3 is 0 Å². The minimum atomic E-state index is -0.255. The van der Waals surface area contributed by atoms with Crippen molar-refractivity contribution in [1.82, 2.24) is 14.3 Å². The highest BCUT2D eigenvalue weighted by Crippen LogP contribution is 2.18. The van der Waals surface area contributed by atoms with Crippen molar-refractivity contribution in [2.45, 2.75) is 20.3 Å². The van der Waals surface area contributed by atoms with Crippen molar-refractivity contribution in [1.29, 1.82) is 0 Å². The SMILES string of the molecule is CCc1nn(C)c(NC(=O)c2ccc(=O)n(C)c2)c1C. The van der Waals surface area contributed by atoms with Crippen LogP contribution in [-0.4, -0.2) is 20.3 Å². The molecule has 0 unspecified atom stereocenters. The van der Waals surface area contributed by atoms with Crippen molar-refractivity contribution in [3.05, 3.63) is 45.5 Å². The number of carbonyl (C=O) groups is 1. The number of aryl methyl sites for hydroxylation is 3. The molecule has 0 atom stereocenters. The number of aromatic nitrogens is 3. The van der Waals surface area contributed by atoms with Crippen LogP contribution in [0.3, 0.4) is 0 Å². The van der Waals surface area contributed by atoms with Crippen LogP contribution in [-0.2, 0) is 20.5 Å². The second-order valence-corrected chi connectivity index (χ2v) is 4.72. The van der Waals surface area contributed by atoms with Crippen molar-refractivity contribution in [3.8, 4) is 0 Å². The standard InChI is InChI=1S/C14H18N4O2/c1-5-11-9(2)13(18(4)16-11)15-14(20)10-6-7-12(19)17(3)8-10/h6-8H,5H2,1-4H3,(H,15,20). The highest BCUT2D eigenvalue weighted by atomic mass is 16.2. The Morgan fingerprint density at radius 2 is 2.05 bits per heavy atom. The first-order valence-electron chi connectivity index (χ1n) is 6.44. The van der Waals surface area contributed by atoms with Gasteiger partial charge in [0.05, 0.1) is 11.3 Å². The minimum Gasteiger partial charge on any atom is -0.318 e. The van der Waals surface area contributed by atoms with E-state index in [1.165, 1.54) is 22.9 Å². The summed E-state index contributed by atoms with van der Waals surface area (Å²) in [6.07, 6.45) is 2.33. The lowest BCUT2D eigenvalue weighted by atomic mass is 10.2. The van der Waals surface area contributed by atoms with E-state index >= 15 is 0 Å². The molecule has 2 rings (SSSR count). The molecule has 2 heterocycles. The van der Waals surface area contributed by atoms with Gasteiger partial charge in [-0.1, -0.05) is 6.92 Å². The Bertz CT molecular complexity index is 712. The number of carbonyl (C=O) groups excluding carboxylic acids is 1. The monoisotopic (exact) mass is 274 g/mol. The predicted octanol–water partition coefficient (Wildman–Crippen LogP) is 1.24.